The summed E-state index contributed by atoms with van der Waals surface area (Å²) in [5, 5.41) is 8.17. The first kappa shape index (κ1) is 23.3. The predicted molar refractivity (Wildman–Crippen MR) is 139 cm³/mol. The fourth-order valence-electron chi connectivity index (χ4n) is 3.68. The van der Waals surface area contributed by atoms with Gasteiger partial charge in [-0.05, 0) is 48.4 Å². The molecule has 2 N–H and O–H groups in total. The van der Waals surface area contributed by atoms with E-state index in [-0.39, 0.29) is 18.0 Å². The Morgan fingerprint density at radius 1 is 1.06 bits per heavy atom. The van der Waals surface area contributed by atoms with Crippen LogP contribution >= 0.6 is 23.4 Å². The number of thioether (sulfide) groups is 1. The average molecular weight is 507 g/mol. The maximum Gasteiger partial charge on any atom is 0.237 e. The molecule has 1 aliphatic rings. The van der Waals surface area contributed by atoms with Gasteiger partial charge in [-0.25, -0.2) is 9.97 Å². The summed E-state index contributed by atoms with van der Waals surface area (Å²) in [5.74, 6) is 1.90. The lowest BCUT2D eigenvalue weighted by atomic mass is 10.2. The molecule has 0 aliphatic carbocycles. The summed E-state index contributed by atoms with van der Waals surface area (Å²) in [6, 6.07) is 20.9. The van der Waals surface area contributed by atoms with Crippen LogP contribution in [0.3, 0.4) is 0 Å². The van der Waals surface area contributed by atoms with Crippen LogP contribution in [0.25, 0.3) is 10.9 Å². The molecule has 1 amide bonds. The topological polar surface area (TPSA) is 85.4 Å². The number of aromatic nitrogens is 2. The maximum atomic E-state index is 13.0. The van der Waals surface area contributed by atoms with Crippen LogP contribution in [0.2, 0.25) is 5.02 Å². The molecule has 1 atom stereocenters. The van der Waals surface area contributed by atoms with E-state index in [1.165, 1.54) is 11.8 Å². The molecule has 178 valence electrons. The van der Waals surface area contributed by atoms with Gasteiger partial charge in [-0.15, -0.1) is 0 Å². The summed E-state index contributed by atoms with van der Waals surface area (Å²) in [6.07, 6.45) is 0.616. The average Bonchev–Trinajstić information content (AvgIpc) is 3.34. The van der Waals surface area contributed by atoms with Gasteiger partial charge in [-0.2, -0.15) is 0 Å². The first-order valence-corrected chi connectivity index (χ1v) is 12.5. The van der Waals surface area contributed by atoms with Crippen LogP contribution < -0.4 is 20.1 Å². The number of hydrogen-bond donors (Lipinski definition) is 2. The fraction of sp³-hybridized carbons (Fsp3) is 0.192. The quantitative estimate of drug-likeness (QED) is 0.219. The van der Waals surface area contributed by atoms with Crippen molar-refractivity contribution < 1.29 is 14.3 Å². The fourth-order valence-corrected chi connectivity index (χ4v) is 4.69. The second-order valence-corrected chi connectivity index (χ2v) is 9.53. The number of carbonyl (C=O) groups excluding carboxylic acids is 1. The van der Waals surface area contributed by atoms with E-state index in [1.807, 2.05) is 55.5 Å². The van der Waals surface area contributed by atoms with Gasteiger partial charge >= 0.3 is 0 Å². The molecule has 0 radical (unpaired) electrons. The molecule has 0 saturated carbocycles. The predicted octanol–water partition coefficient (Wildman–Crippen LogP) is 6.13. The van der Waals surface area contributed by atoms with Gasteiger partial charge in [-0.3, -0.25) is 4.79 Å². The Kier molecular flexibility index (Phi) is 6.92. The van der Waals surface area contributed by atoms with E-state index < -0.39 is 0 Å². The van der Waals surface area contributed by atoms with Crippen LogP contribution in [0.4, 0.5) is 11.5 Å². The first-order chi connectivity index (χ1) is 17.1. The van der Waals surface area contributed by atoms with Crippen molar-refractivity contribution in [2.45, 2.75) is 30.3 Å². The molecule has 2 heterocycles. The molecular weight excluding hydrogens is 484 g/mol. The highest BCUT2D eigenvalue weighted by atomic mass is 35.5. The number of ether oxygens (including phenoxy) is 2. The van der Waals surface area contributed by atoms with Gasteiger partial charge in [0.15, 0.2) is 16.7 Å². The molecule has 9 heteroatoms. The third-order valence-electron chi connectivity index (χ3n) is 5.51. The molecule has 4 aromatic rings. The van der Waals surface area contributed by atoms with Crippen molar-refractivity contribution in [1.82, 2.24) is 9.97 Å². The van der Waals surface area contributed by atoms with Gasteiger partial charge in [0.05, 0.1) is 10.8 Å². The minimum atomic E-state index is -0.370. The van der Waals surface area contributed by atoms with Crippen LogP contribution in [0.15, 0.2) is 71.9 Å². The largest absolute Gasteiger partial charge is 0.454 e. The monoisotopic (exact) mass is 506 g/mol. The number of para-hydroxylation sites is 1. The second-order valence-electron chi connectivity index (χ2n) is 7.92. The van der Waals surface area contributed by atoms with Gasteiger partial charge in [0.25, 0.3) is 0 Å². The number of nitrogens with zero attached hydrogens (tertiary/aromatic N) is 2. The van der Waals surface area contributed by atoms with E-state index in [0.29, 0.717) is 40.3 Å². The maximum absolute atomic E-state index is 13.0. The summed E-state index contributed by atoms with van der Waals surface area (Å²) in [6.45, 7) is 2.75. The minimum Gasteiger partial charge on any atom is -0.454 e. The van der Waals surface area contributed by atoms with Crippen LogP contribution in [0.1, 0.15) is 18.9 Å². The molecule has 1 aromatic heterocycles. The van der Waals surface area contributed by atoms with Crippen molar-refractivity contribution in [3.05, 3.63) is 77.3 Å². The van der Waals surface area contributed by atoms with E-state index in [1.54, 1.807) is 18.2 Å². The summed E-state index contributed by atoms with van der Waals surface area (Å²) in [5.41, 5.74) is 2.55. The number of benzene rings is 3. The molecule has 1 aliphatic heterocycles. The lowest BCUT2D eigenvalue weighted by Gasteiger charge is -2.16. The van der Waals surface area contributed by atoms with Crippen molar-refractivity contribution in [2.24, 2.45) is 0 Å². The Morgan fingerprint density at radius 2 is 1.86 bits per heavy atom. The van der Waals surface area contributed by atoms with Gasteiger partial charge in [0, 0.05) is 28.7 Å². The molecule has 0 saturated heterocycles. The molecule has 3 aromatic carbocycles. The van der Waals surface area contributed by atoms with E-state index in [0.717, 1.165) is 22.3 Å². The van der Waals surface area contributed by atoms with E-state index in [2.05, 4.69) is 10.6 Å². The summed E-state index contributed by atoms with van der Waals surface area (Å²) >= 11 is 7.35. The Bertz CT molecular complexity index is 1370. The molecule has 0 bridgehead atoms. The van der Waals surface area contributed by atoms with Crippen LogP contribution in [0, 0.1) is 0 Å². The summed E-state index contributed by atoms with van der Waals surface area (Å²) in [4.78, 5) is 22.5. The number of carbonyl (C=O) groups is 1. The van der Waals surface area contributed by atoms with E-state index in [9.17, 15) is 4.79 Å². The molecule has 0 spiro atoms. The van der Waals surface area contributed by atoms with Crippen LogP contribution in [0.5, 0.6) is 11.5 Å². The standard InChI is InChI=1S/C26H23ClN4O3S/c1-2-23(25(32)29-18-11-12-21-22(13-18)34-15-33-21)35-26-30-20-6-4-3-5-19(20)24(31-26)28-14-16-7-9-17(27)10-8-16/h3-13,23H,2,14-15H2,1H3,(H,29,32)(H,28,30,31). The van der Waals surface area contributed by atoms with Gasteiger partial charge in [0.1, 0.15) is 5.82 Å². The number of rotatable bonds is 8. The van der Waals surface area contributed by atoms with Crippen molar-refractivity contribution >= 4 is 51.7 Å². The summed E-state index contributed by atoms with van der Waals surface area (Å²) < 4.78 is 10.7. The highest BCUT2D eigenvalue weighted by Gasteiger charge is 2.22. The third-order valence-corrected chi connectivity index (χ3v) is 6.98. The Morgan fingerprint density at radius 3 is 2.69 bits per heavy atom. The highest BCUT2D eigenvalue weighted by Crippen LogP contribution is 2.35. The smallest absolute Gasteiger partial charge is 0.237 e. The lowest BCUT2D eigenvalue weighted by molar-refractivity contribution is -0.115. The zero-order valence-corrected chi connectivity index (χ0v) is 20.5. The highest BCUT2D eigenvalue weighted by molar-refractivity contribution is 8.00. The molecule has 5 rings (SSSR count). The van der Waals surface area contributed by atoms with E-state index >= 15 is 0 Å². The summed E-state index contributed by atoms with van der Waals surface area (Å²) in [7, 11) is 0. The van der Waals surface area contributed by atoms with Gasteiger partial charge < -0.3 is 20.1 Å². The molecule has 7 nitrogen and oxygen atoms in total. The van der Waals surface area contributed by atoms with Crippen molar-refractivity contribution in [1.29, 1.82) is 0 Å². The number of anilines is 2. The van der Waals surface area contributed by atoms with Crippen molar-refractivity contribution in [3.8, 4) is 11.5 Å². The zero-order chi connectivity index (χ0) is 24.2. The van der Waals surface area contributed by atoms with Gasteiger partial charge in [0.2, 0.25) is 12.7 Å². The first-order valence-electron chi connectivity index (χ1n) is 11.2. The molecule has 1 unspecified atom stereocenters. The van der Waals surface area contributed by atoms with Gasteiger partial charge in [-0.1, -0.05) is 54.6 Å². The van der Waals surface area contributed by atoms with Crippen molar-refractivity contribution in [3.63, 3.8) is 0 Å². The number of halogens is 1. The third kappa shape index (κ3) is 5.44. The van der Waals surface area contributed by atoms with Crippen LogP contribution in [-0.4, -0.2) is 27.9 Å². The SMILES string of the molecule is CCC(Sc1nc(NCc2ccc(Cl)cc2)c2ccccc2n1)C(=O)Nc1ccc2c(c1)OCO2. The molecule has 35 heavy (non-hydrogen) atoms. The number of nitrogens with one attached hydrogen (secondary N) is 2. The van der Waals surface area contributed by atoms with Crippen molar-refractivity contribution in [2.75, 3.05) is 17.4 Å². The Balaban J connectivity index is 1.34. The Labute approximate surface area is 212 Å². The molecular formula is C26H23ClN4O3S. The number of hydrogen-bond acceptors (Lipinski definition) is 7. The number of fused-ring (bicyclic) bond motifs is 2. The second kappa shape index (κ2) is 10.4. The van der Waals surface area contributed by atoms with E-state index in [4.69, 9.17) is 31.0 Å². The molecule has 0 fully saturated rings. The number of amides is 1. The lowest BCUT2D eigenvalue weighted by Crippen LogP contribution is -2.24. The zero-order valence-electron chi connectivity index (χ0n) is 19.0. The minimum absolute atomic E-state index is 0.121. The van der Waals surface area contributed by atoms with Crippen LogP contribution in [-0.2, 0) is 11.3 Å². The normalized spacial score (nSPS) is 13.0. The Hall–Kier alpha value is -3.49.